The van der Waals surface area contributed by atoms with E-state index in [-0.39, 0.29) is 23.1 Å². The SMILES string of the molecule is CCN1C(C)=C(C(=O)O)C(CC)(c2ccc(Br)cc2F)C(C(=O)O)=C1C. The number of carboxylic acids is 2. The van der Waals surface area contributed by atoms with Crippen LogP contribution < -0.4 is 0 Å². The van der Waals surface area contributed by atoms with E-state index in [1.54, 1.807) is 31.7 Å². The van der Waals surface area contributed by atoms with Crippen LogP contribution in [-0.2, 0) is 15.0 Å². The molecule has 0 saturated heterocycles. The normalized spacial score (nSPS) is 16.9. The number of hydrogen-bond donors (Lipinski definition) is 2. The van der Waals surface area contributed by atoms with Crippen molar-refractivity contribution in [3.63, 3.8) is 0 Å². The van der Waals surface area contributed by atoms with Gasteiger partial charge in [0.15, 0.2) is 0 Å². The van der Waals surface area contributed by atoms with Gasteiger partial charge < -0.3 is 15.1 Å². The molecule has 0 saturated carbocycles. The minimum atomic E-state index is -1.58. The Morgan fingerprint density at radius 2 is 1.62 bits per heavy atom. The standard InChI is InChI=1S/C19H21BrFNO4/c1-5-19(13-8-7-12(20)9-14(13)21)15(17(23)24)10(3)22(6-2)11(4)16(19)18(25)26/h7-9H,5-6H2,1-4H3,(H,23,24)(H,25,26). The third-order valence-electron chi connectivity index (χ3n) is 5.05. The number of nitrogens with zero attached hydrogens (tertiary/aromatic N) is 1. The number of carboxylic acid groups (broad SMARTS) is 2. The number of hydrogen-bond acceptors (Lipinski definition) is 3. The molecule has 0 amide bonds. The highest BCUT2D eigenvalue weighted by Gasteiger charge is 2.51. The Hall–Kier alpha value is -2.15. The van der Waals surface area contributed by atoms with E-state index in [1.807, 2.05) is 6.92 Å². The Morgan fingerprint density at radius 1 is 1.12 bits per heavy atom. The highest BCUT2D eigenvalue weighted by atomic mass is 79.9. The monoisotopic (exact) mass is 425 g/mol. The molecule has 0 aliphatic carbocycles. The van der Waals surface area contributed by atoms with Gasteiger partial charge in [0.05, 0.1) is 16.6 Å². The van der Waals surface area contributed by atoms with Crippen molar-refractivity contribution >= 4 is 27.9 Å². The molecule has 0 unspecified atom stereocenters. The second-order valence-corrected chi connectivity index (χ2v) is 7.07. The molecule has 1 aromatic carbocycles. The number of benzene rings is 1. The third-order valence-corrected chi connectivity index (χ3v) is 5.55. The van der Waals surface area contributed by atoms with Crippen molar-refractivity contribution in [3.05, 3.63) is 56.6 Å². The average Bonchev–Trinajstić information content (AvgIpc) is 2.53. The van der Waals surface area contributed by atoms with Crippen molar-refractivity contribution in [2.45, 2.75) is 39.5 Å². The van der Waals surface area contributed by atoms with E-state index in [0.29, 0.717) is 22.4 Å². The lowest BCUT2D eigenvalue weighted by Crippen LogP contribution is -2.46. The molecule has 0 aromatic heterocycles. The summed E-state index contributed by atoms with van der Waals surface area (Å²) in [5.41, 5.74) is -0.898. The Kier molecular flexibility index (Phi) is 5.61. The molecule has 0 bridgehead atoms. The summed E-state index contributed by atoms with van der Waals surface area (Å²) in [6, 6.07) is 4.27. The first-order valence-electron chi connectivity index (χ1n) is 8.25. The second kappa shape index (κ2) is 7.23. The lowest BCUT2D eigenvalue weighted by atomic mass is 9.63. The summed E-state index contributed by atoms with van der Waals surface area (Å²) in [6.45, 7) is 7.17. The first-order valence-corrected chi connectivity index (χ1v) is 9.05. The van der Waals surface area contributed by atoms with Crippen LogP contribution in [-0.4, -0.2) is 33.6 Å². The van der Waals surface area contributed by atoms with Gasteiger partial charge in [-0.1, -0.05) is 28.9 Å². The van der Waals surface area contributed by atoms with Crippen LogP contribution >= 0.6 is 15.9 Å². The molecule has 1 aliphatic heterocycles. The molecule has 2 N–H and O–H groups in total. The van der Waals surface area contributed by atoms with Gasteiger partial charge in [-0.3, -0.25) is 0 Å². The molecule has 1 heterocycles. The maximum absolute atomic E-state index is 14.9. The molecule has 0 radical (unpaired) electrons. The van der Waals surface area contributed by atoms with Gasteiger partial charge in [-0.25, -0.2) is 14.0 Å². The van der Waals surface area contributed by atoms with E-state index in [4.69, 9.17) is 0 Å². The van der Waals surface area contributed by atoms with Crippen LogP contribution in [0.1, 0.15) is 39.7 Å². The van der Waals surface area contributed by atoms with Crippen LogP contribution in [0.3, 0.4) is 0 Å². The summed E-state index contributed by atoms with van der Waals surface area (Å²) in [6.07, 6.45) is 0.0983. The van der Waals surface area contributed by atoms with Crippen LogP contribution in [0.15, 0.2) is 45.2 Å². The Balaban J connectivity index is 3.03. The fourth-order valence-corrected chi connectivity index (χ4v) is 4.40. The van der Waals surface area contributed by atoms with Crippen LogP contribution in [0.4, 0.5) is 4.39 Å². The topological polar surface area (TPSA) is 77.8 Å². The highest BCUT2D eigenvalue weighted by Crippen LogP contribution is 2.50. The summed E-state index contributed by atoms with van der Waals surface area (Å²) < 4.78 is 15.4. The zero-order chi connectivity index (χ0) is 19.8. The maximum atomic E-state index is 14.9. The van der Waals surface area contributed by atoms with Crippen LogP contribution in [0, 0.1) is 5.82 Å². The van der Waals surface area contributed by atoms with Gasteiger partial charge in [0.25, 0.3) is 0 Å². The smallest absolute Gasteiger partial charge is 0.334 e. The summed E-state index contributed by atoms with van der Waals surface area (Å²) in [5, 5.41) is 19.9. The predicted octanol–water partition coefficient (Wildman–Crippen LogP) is 4.29. The molecule has 5 nitrogen and oxygen atoms in total. The largest absolute Gasteiger partial charge is 0.478 e. The van der Waals surface area contributed by atoms with E-state index in [2.05, 4.69) is 15.9 Å². The molecule has 26 heavy (non-hydrogen) atoms. The Morgan fingerprint density at radius 3 is 1.96 bits per heavy atom. The van der Waals surface area contributed by atoms with E-state index in [0.717, 1.165) is 0 Å². The minimum Gasteiger partial charge on any atom is -0.478 e. The summed E-state index contributed by atoms with van der Waals surface area (Å²) in [4.78, 5) is 26.0. The van der Waals surface area contributed by atoms with Gasteiger partial charge in [-0.2, -0.15) is 0 Å². The van der Waals surface area contributed by atoms with Crippen LogP contribution in [0.5, 0.6) is 0 Å². The van der Waals surface area contributed by atoms with E-state index >= 15 is 0 Å². The second-order valence-electron chi connectivity index (χ2n) is 6.16. The molecule has 0 spiro atoms. The maximum Gasteiger partial charge on any atom is 0.334 e. The molecule has 1 aromatic rings. The van der Waals surface area contributed by atoms with Gasteiger partial charge in [0.2, 0.25) is 0 Å². The average molecular weight is 426 g/mol. The van der Waals surface area contributed by atoms with E-state index in [9.17, 15) is 24.2 Å². The molecular weight excluding hydrogens is 405 g/mol. The first kappa shape index (κ1) is 20.2. The van der Waals surface area contributed by atoms with Crippen molar-refractivity contribution < 1.29 is 24.2 Å². The predicted molar refractivity (Wildman–Crippen MR) is 99.1 cm³/mol. The Labute approximate surface area is 159 Å². The minimum absolute atomic E-state index is 0.0486. The zero-order valence-electron chi connectivity index (χ0n) is 15.1. The van der Waals surface area contributed by atoms with E-state index in [1.165, 1.54) is 12.1 Å². The zero-order valence-corrected chi connectivity index (χ0v) is 16.6. The summed E-state index contributed by atoms with van der Waals surface area (Å²) in [7, 11) is 0. The molecule has 2 rings (SSSR count). The quantitative estimate of drug-likeness (QED) is 0.735. The number of carbonyl (C=O) groups is 2. The van der Waals surface area contributed by atoms with Crippen molar-refractivity contribution in [2.24, 2.45) is 0 Å². The number of halogens is 2. The fourth-order valence-electron chi connectivity index (χ4n) is 4.06. The van der Waals surface area contributed by atoms with Gasteiger partial charge in [0, 0.05) is 28.0 Å². The Bertz CT molecular complexity index is 806. The molecule has 140 valence electrons. The van der Waals surface area contributed by atoms with Crippen LogP contribution in [0.2, 0.25) is 0 Å². The highest BCUT2D eigenvalue weighted by molar-refractivity contribution is 9.10. The van der Waals surface area contributed by atoms with Gasteiger partial charge in [-0.05, 0) is 39.3 Å². The molecular formula is C19H21BrFNO4. The number of rotatable bonds is 5. The molecule has 0 atom stereocenters. The van der Waals surface area contributed by atoms with Crippen molar-refractivity contribution in [2.75, 3.05) is 6.54 Å². The number of allylic oxidation sites excluding steroid dienone is 2. The third kappa shape index (κ3) is 2.84. The van der Waals surface area contributed by atoms with Crippen molar-refractivity contribution in [1.29, 1.82) is 0 Å². The molecule has 1 aliphatic rings. The fraction of sp³-hybridized carbons (Fsp3) is 0.368. The first-order chi connectivity index (χ1) is 12.1. The van der Waals surface area contributed by atoms with Gasteiger partial charge >= 0.3 is 11.9 Å². The van der Waals surface area contributed by atoms with Gasteiger partial charge in [-0.15, -0.1) is 0 Å². The van der Waals surface area contributed by atoms with Crippen molar-refractivity contribution in [1.82, 2.24) is 4.90 Å². The van der Waals surface area contributed by atoms with E-state index < -0.39 is 23.2 Å². The van der Waals surface area contributed by atoms with Gasteiger partial charge in [0.1, 0.15) is 5.82 Å². The summed E-state index contributed by atoms with van der Waals surface area (Å²) >= 11 is 3.19. The lowest BCUT2D eigenvalue weighted by Gasteiger charge is -2.44. The molecule has 7 heteroatoms. The van der Waals surface area contributed by atoms with Crippen LogP contribution in [0.25, 0.3) is 0 Å². The van der Waals surface area contributed by atoms with Crippen molar-refractivity contribution in [3.8, 4) is 0 Å². The lowest BCUT2D eigenvalue weighted by molar-refractivity contribution is -0.134. The number of aliphatic carboxylic acids is 2. The molecule has 0 fully saturated rings. The summed E-state index contributed by atoms with van der Waals surface area (Å²) in [5.74, 6) is -3.16.